The number of hydrogen-bond acceptors (Lipinski definition) is 3. The molecule has 20 heavy (non-hydrogen) atoms. The summed E-state index contributed by atoms with van der Waals surface area (Å²) in [6.07, 6.45) is 6.50. The van der Waals surface area contributed by atoms with E-state index in [0.717, 1.165) is 18.9 Å². The van der Waals surface area contributed by atoms with Gasteiger partial charge in [-0.3, -0.25) is 0 Å². The third-order valence-electron chi connectivity index (χ3n) is 4.81. The molecule has 1 aliphatic heterocycles. The molecule has 2 aliphatic rings. The van der Waals surface area contributed by atoms with Crippen molar-refractivity contribution in [1.29, 1.82) is 0 Å². The smallest absolute Gasteiger partial charge is 0.0434 e. The van der Waals surface area contributed by atoms with E-state index >= 15 is 0 Å². The molecule has 0 amide bonds. The van der Waals surface area contributed by atoms with Crippen LogP contribution in [0.5, 0.6) is 0 Å². The molecule has 0 spiro atoms. The predicted octanol–water partition coefficient (Wildman–Crippen LogP) is 2.50. The van der Waals surface area contributed by atoms with E-state index in [-0.39, 0.29) is 0 Å². The van der Waals surface area contributed by atoms with Crippen LogP contribution in [0.25, 0.3) is 0 Å². The number of hydrogen-bond donors (Lipinski definition) is 2. The number of nitrogens with zero attached hydrogens (tertiary/aromatic N) is 1. The maximum absolute atomic E-state index is 9.25. The first-order chi connectivity index (χ1) is 9.46. The summed E-state index contributed by atoms with van der Waals surface area (Å²) in [5.41, 5.74) is 0.350. The summed E-state index contributed by atoms with van der Waals surface area (Å²) in [4.78, 5) is 2.66. The van der Waals surface area contributed by atoms with Crippen LogP contribution < -0.4 is 5.32 Å². The van der Waals surface area contributed by atoms with Gasteiger partial charge in [0.25, 0.3) is 0 Å². The van der Waals surface area contributed by atoms with Gasteiger partial charge in [0.05, 0.1) is 0 Å². The second kappa shape index (κ2) is 7.24. The molecule has 3 nitrogen and oxygen atoms in total. The fraction of sp³-hybridized carbons (Fsp3) is 1.00. The van der Waals surface area contributed by atoms with E-state index in [4.69, 9.17) is 0 Å². The molecule has 2 N–H and O–H groups in total. The average Bonchev–Trinajstić information content (AvgIpc) is 2.31. The topological polar surface area (TPSA) is 35.5 Å². The highest BCUT2D eigenvalue weighted by Crippen LogP contribution is 2.29. The summed E-state index contributed by atoms with van der Waals surface area (Å²) >= 11 is 0. The van der Waals surface area contributed by atoms with Crippen LogP contribution in [0, 0.1) is 17.3 Å². The summed E-state index contributed by atoms with van der Waals surface area (Å²) < 4.78 is 0. The second-order valence-electron chi connectivity index (χ2n) is 8.27. The van der Waals surface area contributed by atoms with Gasteiger partial charge in [-0.05, 0) is 42.9 Å². The van der Waals surface area contributed by atoms with E-state index in [1.165, 1.54) is 45.3 Å². The third kappa shape index (κ3) is 5.34. The molecule has 0 bridgehead atoms. The Hall–Kier alpha value is -0.120. The fourth-order valence-corrected chi connectivity index (χ4v) is 3.48. The largest absolute Gasteiger partial charge is 0.396 e. The van der Waals surface area contributed by atoms with Gasteiger partial charge in [-0.15, -0.1) is 0 Å². The van der Waals surface area contributed by atoms with Gasteiger partial charge in [0.15, 0.2) is 0 Å². The highest BCUT2D eigenvalue weighted by atomic mass is 16.3. The van der Waals surface area contributed by atoms with Crippen LogP contribution in [-0.4, -0.2) is 48.8 Å². The van der Waals surface area contributed by atoms with E-state index in [1.807, 2.05) is 0 Å². The Morgan fingerprint density at radius 2 is 1.90 bits per heavy atom. The van der Waals surface area contributed by atoms with Crippen LogP contribution in [0.15, 0.2) is 0 Å². The van der Waals surface area contributed by atoms with Gasteiger partial charge in [-0.2, -0.15) is 0 Å². The van der Waals surface area contributed by atoms with Crippen molar-refractivity contribution in [3.05, 3.63) is 0 Å². The molecule has 1 saturated carbocycles. The van der Waals surface area contributed by atoms with E-state index in [2.05, 4.69) is 31.0 Å². The van der Waals surface area contributed by atoms with Crippen molar-refractivity contribution in [3.8, 4) is 0 Å². The number of likely N-dealkylation sites (tertiary alicyclic amines) is 1. The lowest BCUT2D eigenvalue weighted by atomic mass is 9.83. The van der Waals surface area contributed by atoms with Gasteiger partial charge in [-0.1, -0.05) is 27.2 Å². The van der Waals surface area contributed by atoms with E-state index in [1.54, 1.807) is 0 Å². The number of piperidine rings is 1. The van der Waals surface area contributed by atoms with Crippen molar-refractivity contribution in [1.82, 2.24) is 10.2 Å². The van der Waals surface area contributed by atoms with Crippen molar-refractivity contribution in [2.75, 3.05) is 32.8 Å². The first kappa shape index (κ1) is 16.3. The highest BCUT2D eigenvalue weighted by Gasteiger charge is 2.30. The summed E-state index contributed by atoms with van der Waals surface area (Å²) in [6, 6.07) is 0.611. The Balaban J connectivity index is 1.82. The Bertz CT molecular complexity index is 283. The standard InChI is InChI=1S/C17H34N2O/c1-17(2,3)13-18-16-9-15(7-8-20)11-19(12-16)10-14-5-4-6-14/h14-16,18,20H,4-13H2,1-3H3. The van der Waals surface area contributed by atoms with Gasteiger partial charge in [0.2, 0.25) is 0 Å². The van der Waals surface area contributed by atoms with Crippen LogP contribution in [0.3, 0.4) is 0 Å². The summed E-state index contributed by atoms with van der Waals surface area (Å²) in [5, 5.41) is 13.0. The summed E-state index contributed by atoms with van der Waals surface area (Å²) in [5.74, 6) is 1.62. The van der Waals surface area contributed by atoms with Gasteiger partial charge in [0.1, 0.15) is 0 Å². The number of rotatable bonds is 6. The van der Waals surface area contributed by atoms with Gasteiger partial charge in [-0.25, -0.2) is 0 Å². The molecule has 2 fully saturated rings. The van der Waals surface area contributed by atoms with Gasteiger partial charge < -0.3 is 15.3 Å². The lowest BCUT2D eigenvalue weighted by molar-refractivity contribution is 0.0874. The Labute approximate surface area is 125 Å². The van der Waals surface area contributed by atoms with Gasteiger partial charge in [0, 0.05) is 38.8 Å². The monoisotopic (exact) mass is 282 g/mol. The van der Waals surface area contributed by atoms with Crippen LogP contribution >= 0.6 is 0 Å². The first-order valence-electron chi connectivity index (χ1n) is 8.53. The molecular weight excluding hydrogens is 248 g/mol. The molecular formula is C17H34N2O. The van der Waals surface area contributed by atoms with Crippen molar-refractivity contribution in [2.45, 2.75) is 58.9 Å². The molecule has 0 aromatic rings. The third-order valence-corrected chi connectivity index (χ3v) is 4.81. The zero-order valence-corrected chi connectivity index (χ0v) is 13.7. The molecule has 1 saturated heterocycles. The maximum Gasteiger partial charge on any atom is 0.0434 e. The van der Waals surface area contributed by atoms with Crippen molar-refractivity contribution < 1.29 is 5.11 Å². The molecule has 0 aromatic carbocycles. The number of aliphatic hydroxyl groups excluding tert-OH is 1. The van der Waals surface area contributed by atoms with E-state index < -0.39 is 0 Å². The van der Waals surface area contributed by atoms with Gasteiger partial charge >= 0.3 is 0 Å². The second-order valence-corrected chi connectivity index (χ2v) is 8.27. The van der Waals surface area contributed by atoms with Crippen molar-refractivity contribution in [3.63, 3.8) is 0 Å². The zero-order valence-electron chi connectivity index (χ0n) is 13.7. The first-order valence-corrected chi connectivity index (χ1v) is 8.53. The maximum atomic E-state index is 9.25. The molecule has 0 aromatic heterocycles. The Morgan fingerprint density at radius 3 is 2.45 bits per heavy atom. The molecule has 0 radical (unpaired) electrons. The fourth-order valence-electron chi connectivity index (χ4n) is 3.48. The average molecular weight is 282 g/mol. The minimum absolute atomic E-state index is 0.341. The predicted molar refractivity (Wildman–Crippen MR) is 84.8 cm³/mol. The van der Waals surface area contributed by atoms with Crippen molar-refractivity contribution >= 4 is 0 Å². The number of nitrogens with one attached hydrogen (secondary N) is 1. The van der Waals surface area contributed by atoms with Crippen LogP contribution in [0.2, 0.25) is 0 Å². The van der Waals surface area contributed by atoms with E-state index in [9.17, 15) is 5.11 Å². The lowest BCUT2D eigenvalue weighted by Gasteiger charge is -2.42. The van der Waals surface area contributed by atoms with Crippen LogP contribution in [0.4, 0.5) is 0 Å². The summed E-state index contributed by atoms with van der Waals surface area (Å²) in [7, 11) is 0. The molecule has 1 aliphatic carbocycles. The van der Waals surface area contributed by atoms with Crippen molar-refractivity contribution in [2.24, 2.45) is 17.3 Å². The lowest BCUT2D eigenvalue weighted by Crippen LogP contribution is -2.52. The Kier molecular flexibility index (Phi) is 5.88. The zero-order chi connectivity index (χ0) is 14.6. The van der Waals surface area contributed by atoms with Crippen LogP contribution in [-0.2, 0) is 0 Å². The Morgan fingerprint density at radius 1 is 1.15 bits per heavy atom. The SMILES string of the molecule is CC(C)(C)CNC1CC(CCO)CN(CC2CCC2)C1. The molecule has 1 heterocycles. The molecule has 2 unspecified atom stereocenters. The summed E-state index contributed by atoms with van der Waals surface area (Å²) in [6.45, 7) is 12.0. The molecule has 118 valence electrons. The minimum atomic E-state index is 0.341. The quantitative estimate of drug-likeness (QED) is 0.786. The molecule has 2 atom stereocenters. The normalized spacial score (nSPS) is 29.4. The highest BCUT2D eigenvalue weighted by molar-refractivity contribution is 4.86. The number of aliphatic hydroxyl groups is 1. The van der Waals surface area contributed by atoms with Crippen LogP contribution in [0.1, 0.15) is 52.9 Å². The minimum Gasteiger partial charge on any atom is -0.396 e. The molecule has 3 heteroatoms. The van der Waals surface area contributed by atoms with E-state index in [0.29, 0.717) is 24.0 Å². The molecule has 2 rings (SSSR count).